The largest absolute Gasteiger partial charge is 0.488 e. The Hall–Kier alpha value is -2.34. The van der Waals surface area contributed by atoms with Crippen LogP contribution in [0.25, 0.3) is 11.3 Å². The standard InChI is InChI=1S/C21H29N5O/c1-21(2)10-15-14(19-17(21)20(23)26-11-25-19)8-9-16(18(15)24-3)27-13-6-4-12(22)5-7-13/h8-9,11-13,24H,4-7,10,22H2,1-3H3,(H2,23,25,26). The molecule has 2 aliphatic carbocycles. The van der Waals surface area contributed by atoms with Crippen molar-refractivity contribution in [1.29, 1.82) is 0 Å². The molecule has 6 nitrogen and oxygen atoms in total. The molecule has 0 saturated heterocycles. The van der Waals surface area contributed by atoms with Crippen LogP contribution >= 0.6 is 0 Å². The third-order valence-corrected chi connectivity index (χ3v) is 5.96. The molecule has 6 heteroatoms. The van der Waals surface area contributed by atoms with Gasteiger partial charge in [-0.25, -0.2) is 9.97 Å². The second-order valence-electron chi connectivity index (χ2n) is 8.41. The van der Waals surface area contributed by atoms with Gasteiger partial charge in [-0.1, -0.05) is 13.8 Å². The molecule has 0 bridgehead atoms. The number of aromatic nitrogens is 2. The van der Waals surface area contributed by atoms with Crippen molar-refractivity contribution in [2.45, 2.75) is 63.5 Å². The highest BCUT2D eigenvalue weighted by Crippen LogP contribution is 2.48. The Kier molecular flexibility index (Phi) is 4.46. The average Bonchev–Trinajstić information content (AvgIpc) is 2.63. The van der Waals surface area contributed by atoms with E-state index in [1.165, 1.54) is 5.56 Å². The number of anilines is 2. The maximum Gasteiger partial charge on any atom is 0.143 e. The third-order valence-electron chi connectivity index (χ3n) is 5.96. The Bertz CT molecular complexity index is 856. The van der Waals surface area contributed by atoms with Crippen LogP contribution in [-0.4, -0.2) is 29.2 Å². The van der Waals surface area contributed by atoms with Crippen LogP contribution in [0, 0.1) is 0 Å². The van der Waals surface area contributed by atoms with Gasteiger partial charge in [-0.3, -0.25) is 0 Å². The number of nitrogen functional groups attached to an aromatic ring is 1. The number of fused-ring (bicyclic) bond motifs is 3. The van der Waals surface area contributed by atoms with E-state index in [-0.39, 0.29) is 11.5 Å². The Morgan fingerprint density at radius 3 is 2.59 bits per heavy atom. The molecule has 27 heavy (non-hydrogen) atoms. The van der Waals surface area contributed by atoms with Gasteiger partial charge in [0.05, 0.1) is 17.5 Å². The molecule has 0 aliphatic heterocycles. The van der Waals surface area contributed by atoms with Gasteiger partial charge < -0.3 is 21.5 Å². The Morgan fingerprint density at radius 1 is 1.15 bits per heavy atom. The van der Waals surface area contributed by atoms with E-state index in [1.54, 1.807) is 6.33 Å². The van der Waals surface area contributed by atoms with Crippen molar-refractivity contribution in [2.75, 3.05) is 18.1 Å². The van der Waals surface area contributed by atoms with Crippen molar-refractivity contribution in [3.63, 3.8) is 0 Å². The van der Waals surface area contributed by atoms with E-state index in [0.29, 0.717) is 11.9 Å². The Labute approximate surface area is 160 Å². The monoisotopic (exact) mass is 367 g/mol. The van der Waals surface area contributed by atoms with Crippen LogP contribution in [0.5, 0.6) is 5.75 Å². The Balaban J connectivity index is 1.76. The molecule has 0 atom stereocenters. The van der Waals surface area contributed by atoms with Crippen molar-refractivity contribution in [2.24, 2.45) is 5.73 Å². The van der Waals surface area contributed by atoms with Gasteiger partial charge in [-0.15, -0.1) is 0 Å². The van der Waals surface area contributed by atoms with Gasteiger partial charge in [0.15, 0.2) is 0 Å². The molecule has 0 spiro atoms. The molecule has 1 fully saturated rings. The van der Waals surface area contributed by atoms with E-state index in [0.717, 1.165) is 60.4 Å². The van der Waals surface area contributed by atoms with E-state index in [9.17, 15) is 0 Å². The first kappa shape index (κ1) is 18.0. The second kappa shape index (κ2) is 6.68. The van der Waals surface area contributed by atoms with Gasteiger partial charge in [0.25, 0.3) is 0 Å². The van der Waals surface area contributed by atoms with E-state index in [2.05, 4.69) is 41.3 Å². The number of nitrogens with two attached hydrogens (primary N) is 2. The Morgan fingerprint density at radius 2 is 1.89 bits per heavy atom. The summed E-state index contributed by atoms with van der Waals surface area (Å²) in [5, 5.41) is 3.38. The van der Waals surface area contributed by atoms with Gasteiger partial charge in [0.2, 0.25) is 0 Å². The number of nitrogens with one attached hydrogen (secondary N) is 1. The average molecular weight is 367 g/mol. The van der Waals surface area contributed by atoms with E-state index >= 15 is 0 Å². The predicted molar refractivity (Wildman–Crippen MR) is 109 cm³/mol. The molecular weight excluding hydrogens is 338 g/mol. The molecule has 0 amide bonds. The van der Waals surface area contributed by atoms with Crippen LogP contribution in [0.3, 0.4) is 0 Å². The number of benzene rings is 1. The maximum atomic E-state index is 6.40. The van der Waals surface area contributed by atoms with Crippen molar-refractivity contribution >= 4 is 11.5 Å². The normalized spacial score (nSPS) is 23.3. The summed E-state index contributed by atoms with van der Waals surface area (Å²) >= 11 is 0. The second-order valence-corrected chi connectivity index (χ2v) is 8.41. The summed E-state index contributed by atoms with van der Waals surface area (Å²) in [6.07, 6.45) is 6.72. The SMILES string of the molecule is CNc1c(OC2CCC(N)CC2)ccc2c1CC(C)(C)c1c(N)ncnc1-2. The first-order valence-electron chi connectivity index (χ1n) is 9.78. The molecule has 0 radical (unpaired) electrons. The minimum Gasteiger partial charge on any atom is -0.488 e. The van der Waals surface area contributed by atoms with E-state index in [4.69, 9.17) is 16.2 Å². The molecule has 1 saturated carbocycles. The lowest BCUT2D eigenvalue weighted by molar-refractivity contribution is 0.148. The van der Waals surface area contributed by atoms with Crippen molar-refractivity contribution in [1.82, 2.24) is 9.97 Å². The first-order chi connectivity index (χ1) is 12.9. The van der Waals surface area contributed by atoms with Gasteiger partial charge in [-0.05, 0) is 55.2 Å². The molecular formula is C21H29N5O. The lowest BCUT2D eigenvalue weighted by Gasteiger charge is -2.35. The van der Waals surface area contributed by atoms with Crippen LogP contribution < -0.4 is 21.5 Å². The smallest absolute Gasteiger partial charge is 0.143 e. The van der Waals surface area contributed by atoms with Crippen LogP contribution in [0.15, 0.2) is 18.5 Å². The summed E-state index contributed by atoms with van der Waals surface area (Å²) in [7, 11) is 1.95. The lowest BCUT2D eigenvalue weighted by atomic mass is 9.71. The number of hydrogen-bond acceptors (Lipinski definition) is 6. The van der Waals surface area contributed by atoms with Crippen LogP contribution in [0.4, 0.5) is 11.5 Å². The highest BCUT2D eigenvalue weighted by molar-refractivity contribution is 5.82. The fourth-order valence-corrected chi connectivity index (χ4v) is 4.59. The predicted octanol–water partition coefficient (Wildman–Crippen LogP) is 3.25. The summed E-state index contributed by atoms with van der Waals surface area (Å²) in [5.41, 5.74) is 17.5. The summed E-state index contributed by atoms with van der Waals surface area (Å²) < 4.78 is 6.40. The molecule has 2 aromatic rings. The number of nitrogens with zero attached hydrogens (tertiary/aromatic N) is 2. The van der Waals surface area contributed by atoms with Crippen LogP contribution in [0.1, 0.15) is 50.7 Å². The fourth-order valence-electron chi connectivity index (χ4n) is 4.59. The molecule has 0 unspecified atom stereocenters. The molecule has 2 aliphatic rings. The molecule has 4 rings (SSSR count). The van der Waals surface area contributed by atoms with Gasteiger partial charge in [-0.2, -0.15) is 0 Å². The number of hydrogen-bond donors (Lipinski definition) is 3. The minimum atomic E-state index is -0.143. The van der Waals surface area contributed by atoms with Crippen LogP contribution in [0.2, 0.25) is 0 Å². The highest BCUT2D eigenvalue weighted by atomic mass is 16.5. The van der Waals surface area contributed by atoms with Crippen molar-refractivity contribution in [3.05, 3.63) is 29.6 Å². The van der Waals surface area contributed by atoms with Gasteiger partial charge >= 0.3 is 0 Å². The third kappa shape index (κ3) is 3.12. The molecule has 1 aromatic heterocycles. The quantitative estimate of drug-likeness (QED) is 0.770. The lowest BCUT2D eigenvalue weighted by Crippen LogP contribution is -2.32. The van der Waals surface area contributed by atoms with E-state index in [1.807, 2.05) is 7.05 Å². The number of rotatable bonds is 3. The maximum absolute atomic E-state index is 6.40. The van der Waals surface area contributed by atoms with Crippen molar-refractivity contribution in [3.8, 4) is 17.0 Å². The zero-order chi connectivity index (χ0) is 19.2. The number of ether oxygens (including phenoxy) is 1. The highest BCUT2D eigenvalue weighted by Gasteiger charge is 2.36. The summed E-state index contributed by atoms with van der Waals surface area (Å²) in [6.45, 7) is 4.40. The van der Waals surface area contributed by atoms with Gasteiger partial charge in [0.1, 0.15) is 17.9 Å². The topological polar surface area (TPSA) is 99.1 Å². The van der Waals surface area contributed by atoms with Gasteiger partial charge in [0, 0.05) is 24.2 Å². The summed E-state index contributed by atoms with van der Waals surface area (Å²) in [5.74, 6) is 1.48. The molecule has 1 aromatic carbocycles. The minimum absolute atomic E-state index is 0.143. The molecule has 1 heterocycles. The summed E-state index contributed by atoms with van der Waals surface area (Å²) in [6, 6.07) is 4.49. The molecule has 5 N–H and O–H groups in total. The zero-order valence-corrected chi connectivity index (χ0v) is 16.4. The molecule has 144 valence electrons. The van der Waals surface area contributed by atoms with Crippen LogP contribution in [-0.2, 0) is 11.8 Å². The zero-order valence-electron chi connectivity index (χ0n) is 16.4. The van der Waals surface area contributed by atoms with Crippen molar-refractivity contribution < 1.29 is 4.74 Å². The first-order valence-corrected chi connectivity index (χ1v) is 9.78. The van der Waals surface area contributed by atoms with E-state index < -0.39 is 0 Å². The fraction of sp³-hybridized carbons (Fsp3) is 0.524. The summed E-state index contributed by atoms with van der Waals surface area (Å²) in [4.78, 5) is 8.79.